The summed E-state index contributed by atoms with van der Waals surface area (Å²) in [7, 11) is -3.78. The second kappa shape index (κ2) is 11.0. The summed E-state index contributed by atoms with van der Waals surface area (Å²) in [5, 5.41) is 0.574. The quantitative estimate of drug-likeness (QED) is 0.513. The zero-order valence-electron chi connectivity index (χ0n) is 18.4. The van der Waals surface area contributed by atoms with E-state index >= 15 is 0 Å². The normalized spacial score (nSPS) is 18.3. The van der Waals surface area contributed by atoms with Gasteiger partial charge in [-0.2, -0.15) is 4.31 Å². The summed E-state index contributed by atoms with van der Waals surface area (Å²) in [4.78, 5) is 18.6. The Balaban J connectivity index is 1.87. The summed E-state index contributed by atoms with van der Waals surface area (Å²) in [6, 6.07) is 9.82. The summed E-state index contributed by atoms with van der Waals surface area (Å²) in [5.41, 5.74) is 0.805. The van der Waals surface area contributed by atoms with Gasteiger partial charge in [-0.25, -0.2) is 8.42 Å². The fraction of sp³-hybridized carbons (Fsp3) is 0.478. The van der Waals surface area contributed by atoms with Crippen LogP contribution in [-0.2, 0) is 21.4 Å². The molecule has 2 heterocycles. The Bertz CT molecular complexity index is 1010. The molecule has 9 heteroatoms. The van der Waals surface area contributed by atoms with Crippen LogP contribution < -0.4 is 0 Å². The first-order valence-corrected chi connectivity index (χ1v) is 13.0. The van der Waals surface area contributed by atoms with Crippen molar-refractivity contribution < 1.29 is 13.2 Å². The van der Waals surface area contributed by atoms with Crippen molar-refractivity contribution in [1.82, 2.24) is 14.2 Å². The van der Waals surface area contributed by atoms with E-state index in [0.29, 0.717) is 19.6 Å². The molecule has 1 aromatic carbocycles. The lowest BCUT2D eigenvalue weighted by Crippen LogP contribution is -2.50. The van der Waals surface area contributed by atoms with Gasteiger partial charge in [0.1, 0.15) is 0 Å². The average molecular weight is 498 g/mol. The van der Waals surface area contributed by atoms with Crippen LogP contribution in [0.15, 0.2) is 47.5 Å². The Morgan fingerprint density at radius 1 is 1.22 bits per heavy atom. The average Bonchev–Trinajstić information content (AvgIpc) is 2.76. The molecule has 6 nitrogen and oxygen atoms in total. The van der Waals surface area contributed by atoms with E-state index in [0.717, 1.165) is 31.4 Å². The molecular weight excluding hydrogens is 469 g/mol. The van der Waals surface area contributed by atoms with Crippen LogP contribution >= 0.6 is 23.2 Å². The standard InChI is InChI=1S/C23H29Cl2N3O3S/c1-3-18(15-27(17(2)29)16-21-8-4-6-10-26-21)23-9-5-7-11-28(23)32(30,31)22-13-19(24)12-20(25)14-22/h4,6,8,10,12-14,18,23H,3,5,7,9,11,15-16H2,1-2H3. The largest absolute Gasteiger partial charge is 0.337 e. The number of sulfonamides is 1. The maximum atomic E-state index is 13.6. The molecule has 0 bridgehead atoms. The van der Waals surface area contributed by atoms with Crippen molar-refractivity contribution in [2.45, 2.75) is 57.0 Å². The third kappa shape index (κ3) is 6.01. The molecule has 3 rings (SSSR count). The minimum absolute atomic E-state index is 0.00709. The van der Waals surface area contributed by atoms with Gasteiger partial charge in [0, 0.05) is 42.3 Å². The predicted octanol–water partition coefficient (Wildman–Crippen LogP) is 5.01. The fourth-order valence-corrected chi connectivity index (χ4v) is 6.79. The summed E-state index contributed by atoms with van der Waals surface area (Å²) in [6.45, 7) is 4.89. The summed E-state index contributed by atoms with van der Waals surface area (Å²) >= 11 is 12.2. The Kier molecular flexibility index (Phi) is 8.55. The smallest absolute Gasteiger partial charge is 0.243 e. The number of amides is 1. The van der Waals surface area contributed by atoms with Gasteiger partial charge in [0.25, 0.3) is 0 Å². The minimum Gasteiger partial charge on any atom is -0.337 e. The van der Waals surface area contributed by atoms with E-state index in [2.05, 4.69) is 4.98 Å². The molecule has 1 saturated heterocycles. The number of hydrogen-bond acceptors (Lipinski definition) is 4. The number of carbonyl (C=O) groups is 1. The molecule has 1 fully saturated rings. The van der Waals surface area contributed by atoms with E-state index in [4.69, 9.17) is 23.2 Å². The van der Waals surface area contributed by atoms with Gasteiger partial charge in [-0.1, -0.05) is 49.0 Å². The molecule has 174 valence electrons. The van der Waals surface area contributed by atoms with E-state index in [1.807, 2.05) is 25.1 Å². The molecule has 2 atom stereocenters. The first-order chi connectivity index (χ1) is 15.2. The number of pyridine rings is 1. The molecular formula is C23H29Cl2N3O3S. The zero-order chi connectivity index (χ0) is 23.3. The van der Waals surface area contributed by atoms with Crippen molar-refractivity contribution in [3.63, 3.8) is 0 Å². The highest BCUT2D eigenvalue weighted by molar-refractivity contribution is 7.89. The van der Waals surface area contributed by atoms with Crippen molar-refractivity contribution >= 4 is 39.1 Å². The van der Waals surface area contributed by atoms with E-state index in [-0.39, 0.29) is 32.8 Å². The third-order valence-corrected chi connectivity index (χ3v) is 8.33. The van der Waals surface area contributed by atoms with E-state index in [1.54, 1.807) is 22.3 Å². The van der Waals surface area contributed by atoms with Crippen LogP contribution in [-0.4, -0.2) is 47.6 Å². The van der Waals surface area contributed by atoms with Crippen molar-refractivity contribution in [2.24, 2.45) is 5.92 Å². The molecule has 0 radical (unpaired) electrons. The lowest BCUT2D eigenvalue weighted by atomic mass is 9.89. The maximum absolute atomic E-state index is 13.6. The lowest BCUT2D eigenvalue weighted by Gasteiger charge is -2.40. The molecule has 0 N–H and O–H groups in total. The van der Waals surface area contributed by atoms with Gasteiger partial charge in [-0.3, -0.25) is 9.78 Å². The Morgan fingerprint density at radius 2 is 1.94 bits per heavy atom. The number of carbonyl (C=O) groups excluding carboxylic acids is 1. The second-order valence-electron chi connectivity index (χ2n) is 8.17. The predicted molar refractivity (Wildman–Crippen MR) is 127 cm³/mol. The molecule has 0 saturated carbocycles. The Morgan fingerprint density at radius 3 is 2.53 bits per heavy atom. The van der Waals surface area contributed by atoms with Crippen LogP contribution in [0, 0.1) is 5.92 Å². The fourth-order valence-electron chi connectivity index (χ4n) is 4.31. The van der Waals surface area contributed by atoms with Gasteiger partial charge < -0.3 is 4.90 Å². The van der Waals surface area contributed by atoms with Gasteiger partial charge >= 0.3 is 0 Å². The number of benzene rings is 1. The molecule has 2 aromatic rings. The van der Waals surface area contributed by atoms with Crippen LogP contribution in [0.2, 0.25) is 10.0 Å². The maximum Gasteiger partial charge on any atom is 0.243 e. The first-order valence-electron chi connectivity index (χ1n) is 10.9. The van der Waals surface area contributed by atoms with Crippen LogP contribution in [0.4, 0.5) is 0 Å². The highest BCUT2D eigenvalue weighted by atomic mass is 35.5. The monoisotopic (exact) mass is 497 g/mol. The zero-order valence-corrected chi connectivity index (χ0v) is 20.7. The highest BCUT2D eigenvalue weighted by Gasteiger charge is 2.38. The van der Waals surface area contributed by atoms with Gasteiger partial charge in [-0.05, 0) is 49.1 Å². The van der Waals surface area contributed by atoms with Gasteiger partial charge in [-0.15, -0.1) is 0 Å². The van der Waals surface area contributed by atoms with Crippen LogP contribution in [0.3, 0.4) is 0 Å². The summed E-state index contributed by atoms with van der Waals surface area (Å²) in [6.07, 6.45) is 4.95. The number of piperidine rings is 1. The Labute approximate surface area is 200 Å². The number of aromatic nitrogens is 1. The molecule has 1 aliphatic heterocycles. The van der Waals surface area contributed by atoms with E-state index < -0.39 is 10.0 Å². The molecule has 1 amide bonds. The molecule has 1 aliphatic rings. The third-order valence-electron chi connectivity index (χ3n) is 5.99. The number of rotatable bonds is 8. The number of nitrogens with zero attached hydrogens (tertiary/aromatic N) is 3. The molecule has 0 spiro atoms. The highest BCUT2D eigenvalue weighted by Crippen LogP contribution is 2.33. The first kappa shape index (κ1) is 25.0. The van der Waals surface area contributed by atoms with Gasteiger partial charge in [0.2, 0.25) is 15.9 Å². The van der Waals surface area contributed by atoms with Crippen molar-refractivity contribution in [3.8, 4) is 0 Å². The van der Waals surface area contributed by atoms with Crippen LogP contribution in [0.25, 0.3) is 0 Å². The van der Waals surface area contributed by atoms with Crippen molar-refractivity contribution in [2.75, 3.05) is 13.1 Å². The lowest BCUT2D eigenvalue weighted by molar-refractivity contribution is -0.130. The Hall–Kier alpha value is -1.67. The molecule has 32 heavy (non-hydrogen) atoms. The van der Waals surface area contributed by atoms with Crippen molar-refractivity contribution in [1.29, 1.82) is 0 Å². The molecule has 2 unspecified atom stereocenters. The SMILES string of the molecule is CCC(CN(Cc1ccccn1)C(C)=O)C1CCCCN1S(=O)(=O)c1cc(Cl)cc(Cl)c1. The number of hydrogen-bond donors (Lipinski definition) is 0. The molecule has 0 aliphatic carbocycles. The van der Waals surface area contributed by atoms with E-state index in [1.165, 1.54) is 18.2 Å². The second-order valence-corrected chi connectivity index (χ2v) is 10.9. The summed E-state index contributed by atoms with van der Waals surface area (Å²) < 4.78 is 28.7. The van der Waals surface area contributed by atoms with Crippen molar-refractivity contribution in [3.05, 3.63) is 58.3 Å². The summed E-state index contributed by atoms with van der Waals surface area (Å²) in [5.74, 6) is -0.0618. The van der Waals surface area contributed by atoms with Crippen LogP contribution in [0.1, 0.15) is 45.2 Å². The van der Waals surface area contributed by atoms with Crippen LogP contribution in [0.5, 0.6) is 0 Å². The van der Waals surface area contributed by atoms with Gasteiger partial charge in [0.05, 0.1) is 17.1 Å². The van der Waals surface area contributed by atoms with E-state index in [9.17, 15) is 13.2 Å². The number of halogens is 2. The van der Waals surface area contributed by atoms with Gasteiger partial charge in [0.15, 0.2) is 0 Å². The topological polar surface area (TPSA) is 70.6 Å². The molecule has 1 aromatic heterocycles. The minimum atomic E-state index is -3.78.